The molecule has 0 fully saturated rings. The van der Waals surface area contributed by atoms with Crippen LogP contribution < -0.4 is 0 Å². The van der Waals surface area contributed by atoms with E-state index in [1.54, 1.807) is 12.4 Å². The van der Waals surface area contributed by atoms with Crippen LogP contribution in [0.4, 0.5) is 0 Å². The largest absolute Gasteiger partial charge is 0.263 e. The monoisotopic (exact) mass is 590 g/mol. The highest BCUT2D eigenvalue weighted by Crippen LogP contribution is 2.35. The van der Waals surface area contributed by atoms with Crippen molar-refractivity contribution in [1.82, 2.24) is 39.0 Å². The summed E-state index contributed by atoms with van der Waals surface area (Å²) in [5.41, 5.74) is 4.28. The topological polar surface area (TPSA) is 87.2 Å². The van der Waals surface area contributed by atoms with Crippen molar-refractivity contribution >= 4 is 65.4 Å². The van der Waals surface area contributed by atoms with E-state index >= 15 is 0 Å². The second-order valence-electron chi connectivity index (χ2n) is 11.3. The normalized spacial score (nSPS) is 11.9. The van der Waals surface area contributed by atoms with Crippen LogP contribution in [0, 0.1) is 0 Å². The van der Waals surface area contributed by atoms with Gasteiger partial charge in [-0.2, -0.15) is 15.0 Å². The highest BCUT2D eigenvalue weighted by molar-refractivity contribution is 6.11. The standard InChI is InChI=1S/C38H22N8/c1-2-10-24-23(9-1)17-18-25-30(24)21-39-22-31(25)34-42-37(45-32-15-5-3-11-26(32)28-13-7-19-40-35(28)45)44-38(43-34)46-33-16-6-4-12-27(33)29-14-8-20-41-36(29)46/h1-22H. The van der Waals surface area contributed by atoms with Crippen LogP contribution in [0.3, 0.4) is 0 Å². The quantitative estimate of drug-likeness (QED) is 0.193. The third kappa shape index (κ3) is 3.49. The lowest BCUT2D eigenvalue weighted by Crippen LogP contribution is -2.11. The summed E-state index contributed by atoms with van der Waals surface area (Å²) in [6, 6.07) is 37.2. The van der Waals surface area contributed by atoms with E-state index in [0.717, 1.165) is 71.0 Å². The highest BCUT2D eigenvalue weighted by atomic mass is 15.3. The number of nitrogens with zero attached hydrogens (tertiary/aromatic N) is 8. The van der Waals surface area contributed by atoms with E-state index in [9.17, 15) is 0 Å². The lowest BCUT2D eigenvalue weighted by atomic mass is 10.0. The fourth-order valence-corrected chi connectivity index (χ4v) is 6.77. The predicted molar refractivity (Wildman–Crippen MR) is 182 cm³/mol. The van der Waals surface area contributed by atoms with Gasteiger partial charge in [-0.3, -0.25) is 14.1 Å². The van der Waals surface area contributed by atoms with Crippen molar-refractivity contribution in [1.29, 1.82) is 0 Å². The molecule has 8 heteroatoms. The maximum absolute atomic E-state index is 5.18. The molecule has 0 radical (unpaired) electrons. The Hall–Kier alpha value is -6.54. The minimum Gasteiger partial charge on any atom is -0.263 e. The first-order valence-electron chi connectivity index (χ1n) is 15.0. The molecule has 0 saturated heterocycles. The molecule has 0 atom stereocenters. The van der Waals surface area contributed by atoms with E-state index in [1.807, 2.05) is 57.9 Å². The molecular formula is C38H22N8. The maximum atomic E-state index is 5.18. The van der Waals surface area contributed by atoms with Gasteiger partial charge in [0.2, 0.25) is 11.9 Å². The molecule has 6 aromatic heterocycles. The molecule has 6 heterocycles. The molecule has 0 amide bonds. The molecule has 8 nitrogen and oxygen atoms in total. The number of benzene rings is 4. The molecule has 0 aliphatic rings. The van der Waals surface area contributed by atoms with E-state index < -0.39 is 0 Å². The predicted octanol–water partition coefficient (Wildman–Crippen LogP) is 8.22. The molecule has 0 spiro atoms. The SMILES string of the molecule is c1ccc2c(c1)ccc1c(-c3nc(-n4c5ccccc5c5cccnc54)nc(-n4c5ccccc5c5cccnc54)n3)cncc12. The molecule has 10 aromatic rings. The van der Waals surface area contributed by atoms with Crippen LogP contribution in [-0.4, -0.2) is 39.0 Å². The summed E-state index contributed by atoms with van der Waals surface area (Å²) >= 11 is 0. The minimum atomic E-state index is 0.463. The molecule has 0 saturated carbocycles. The van der Waals surface area contributed by atoms with Crippen molar-refractivity contribution in [3.8, 4) is 23.3 Å². The van der Waals surface area contributed by atoms with Gasteiger partial charge in [0.1, 0.15) is 11.3 Å². The molecule has 10 rings (SSSR count). The second kappa shape index (κ2) is 9.48. The lowest BCUT2D eigenvalue weighted by Gasteiger charge is -2.13. The van der Waals surface area contributed by atoms with E-state index in [2.05, 4.69) is 77.8 Å². The molecule has 0 N–H and O–H groups in total. The van der Waals surface area contributed by atoms with Gasteiger partial charge in [0.15, 0.2) is 5.82 Å². The summed E-state index contributed by atoms with van der Waals surface area (Å²) in [6.07, 6.45) is 7.36. The molecule has 0 bridgehead atoms. The maximum Gasteiger partial charge on any atom is 0.241 e. The molecule has 0 aliphatic carbocycles. The Labute approximate surface area is 261 Å². The van der Waals surface area contributed by atoms with Crippen LogP contribution >= 0.6 is 0 Å². The fraction of sp³-hybridized carbons (Fsp3) is 0. The molecule has 0 aliphatic heterocycles. The number of rotatable bonds is 3. The van der Waals surface area contributed by atoms with Gasteiger partial charge in [0, 0.05) is 57.3 Å². The van der Waals surface area contributed by atoms with E-state index in [0.29, 0.717) is 17.7 Å². The zero-order chi connectivity index (χ0) is 30.2. The van der Waals surface area contributed by atoms with Crippen LogP contribution in [0.2, 0.25) is 0 Å². The number of hydrogen-bond acceptors (Lipinski definition) is 6. The van der Waals surface area contributed by atoms with Crippen molar-refractivity contribution in [3.63, 3.8) is 0 Å². The van der Waals surface area contributed by atoms with Gasteiger partial charge >= 0.3 is 0 Å². The van der Waals surface area contributed by atoms with Crippen LogP contribution in [0.5, 0.6) is 0 Å². The number of pyridine rings is 3. The second-order valence-corrected chi connectivity index (χ2v) is 11.3. The summed E-state index contributed by atoms with van der Waals surface area (Å²) in [5.74, 6) is 1.44. The number of para-hydroxylation sites is 2. The van der Waals surface area contributed by atoms with Crippen LogP contribution in [0.1, 0.15) is 0 Å². The van der Waals surface area contributed by atoms with E-state index in [4.69, 9.17) is 24.9 Å². The van der Waals surface area contributed by atoms with Crippen molar-refractivity contribution in [2.75, 3.05) is 0 Å². The van der Waals surface area contributed by atoms with Crippen LogP contribution in [-0.2, 0) is 0 Å². The number of fused-ring (bicyclic) bond motifs is 9. The lowest BCUT2D eigenvalue weighted by molar-refractivity contribution is 0.884. The number of aromatic nitrogens is 8. The molecular weight excluding hydrogens is 568 g/mol. The van der Waals surface area contributed by atoms with Gasteiger partial charge in [-0.05, 0) is 52.6 Å². The first kappa shape index (κ1) is 24.9. The summed E-state index contributed by atoms with van der Waals surface area (Å²) in [7, 11) is 0. The Bertz CT molecular complexity index is 2590. The summed E-state index contributed by atoms with van der Waals surface area (Å²) in [4.78, 5) is 29.8. The zero-order valence-electron chi connectivity index (χ0n) is 24.3. The Morgan fingerprint density at radius 2 is 0.978 bits per heavy atom. The van der Waals surface area contributed by atoms with Gasteiger partial charge in [0.05, 0.1) is 11.0 Å². The average molecular weight is 591 g/mol. The Morgan fingerprint density at radius 1 is 0.413 bits per heavy atom. The molecule has 46 heavy (non-hydrogen) atoms. The van der Waals surface area contributed by atoms with Crippen LogP contribution in [0.15, 0.2) is 134 Å². The first-order valence-corrected chi connectivity index (χ1v) is 15.0. The van der Waals surface area contributed by atoms with E-state index in [-0.39, 0.29) is 0 Å². The Morgan fingerprint density at radius 3 is 1.63 bits per heavy atom. The van der Waals surface area contributed by atoms with Crippen molar-refractivity contribution in [2.24, 2.45) is 0 Å². The van der Waals surface area contributed by atoms with Gasteiger partial charge < -0.3 is 0 Å². The van der Waals surface area contributed by atoms with Gasteiger partial charge in [-0.1, -0.05) is 72.8 Å². The summed E-state index contributed by atoms with van der Waals surface area (Å²) in [5, 5.41) is 8.53. The zero-order valence-corrected chi connectivity index (χ0v) is 24.3. The van der Waals surface area contributed by atoms with Gasteiger partial charge in [-0.15, -0.1) is 0 Å². The van der Waals surface area contributed by atoms with Gasteiger partial charge in [0.25, 0.3) is 0 Å². The first-order chi connectivity index (χ1) is 22.8. The minimum absolute atomic E-state index is 0.463. The van der Waals surface area contributed by atoms with Crippen LogP contribution in [0.25, 0.3) is 88.7 Å². The third-order valence-corrected chi connectivity index (χ3v) is 8.79. The summed E-state index contributed by atoms with van der Waals surface area (Å²) in [6.45, 7) is 0. The smallest absolute Gasteiger partial charge is 0.241 e. The number of hydrogen-bond donors (Lipinski definition) is 0. The highest BCUT2D eigenvalue weighted by Gasteiger charge is 2.22. The molecule has 0 unspecified atom stereocenters. The molecule has 214 valence electrons. The Kier molecular flexibility index (Phi) is 5.12. The van der Waals surface area contributed by atoms with Crippen molar-refractivity contribution < 1.29 is 0 Å². The van der Waals surface area contributed by atoms with Crippen molar-refractivity contribution in [2.45, 2.75) is 0 Å². The van der Waals surface area contributed by atoms with Gasteiger partial charge in [-0.25, -0.2) is 9.97 Å². The van der Waals surface area contributed by atoms with Crippen molar-refractivity contribution in [3.05, 3.63) is 134 Å². The third-order valence-electron chi connectivity index (χ3n) is 8.79. The summed E-state index contributed by atoms with van der Waals surface area (Å²) < 4.78 is 4.04. The average Bonchev–Trinajstić information content (AvgIpc) is 3.64. The molecule has 4 aromatic carbocycles. The fourth-order valence-electron chi connectivity index (χ4n) is 6.77. The van der Waals surface area contributed by atoms with E-state index in [1.165, 1.54) is 0 Å². The Balaban J connectivity index is 1.35.